The standard InChI is InChI=1S/C11H17N/c1-2-9-5-8(1)6-11(9)10-3-4-12-7-10/h1-2,8-12H,3-7H2. The Labute approximate surface area is 74.2 Å². The van der Waals surface area contributed by atoms with E-state index in [4.69, 9.17) is 0 Å². The third-order valence-electron chi connectivity index (χ3n) is 4.03. The van der Waals surface area contributed by atoms with E-state index in [1.807, 2.05) is 0 Å². The molecule has 1 aliphatic heterocycles. The van der Waals surface area contributed by atoms with E-state index in [-0.39, 0.29) is 0 Å². The van der Waals surface area contributed by atoms with Gasteiger partial charge in [-0.2, -0.15) is 0 Å². The zero-order valence-corrected chi connectivity index (χ0v) is 7.50. The Balaban J connectivity index is 1.74. The molecule has 3 aliphatic rings. The second-order valence-electron chi connectivity index (χ2n) is 4.70. The summed E-state index contributed by atoms with van der Waals surface area (Å²) in [4.78, 5) is 0. The Morgan fingerprint density at radius 2 is 2.17 bits per heavy atom. The zero-order valence-electron chi connectivity index (χ0n) is 7.50. The second kappa shape index (κ2) is 2.59. The maximum absolute atomic E-state index is 3.48. The van der Waals surface area contributed by atoms with Crippen molar-refractivity contribution in [2.24, 2.45) is 23.7 Å². The van der Waals surface area contributed by atoms with Crippen LogP contribution in [-0.2, 0) is 0 Å². The van der Waals surface area contributed by atoms with Crippen molar-refractivity contribution in [1.82, 2.24) is 5.32 Å². The smallest absolute Gasteiger partial charge is 0.00172 e. The Morgan fingerprint density at radius 3 is 2.75 bits per heavy atom. The van der Waals surface area contributed by atoms with Gasteiger partial charge in [-0.1, -0.05) is 12.2 Å². The van der Waals surface area contributed by atoms with E-state index in [1.165, 1.54) is 32.4 Å². The molecule has 0 aromatic rings. The molecular weight excluding hydrogens is 146 g/mol. The average molecular weight is 163 g/mol. The fraction of sp³-hybridized carbons (Fsp3) is 0.818. The quantitative estimate of drug-likeness (QED) is 0.581. The Morgan fingerprint density at radius 1 is 1.17 bits per heavy atom. The summed E-state index contributed by atoms with van der Waals surface area (Å²) in [5, 5.41) is 3.48. The third kappa shape index (κ3) is 0.957. The maximum Gasteiger partial charge on any atom is -0.00172 e. The molecule has 4 unspecified atom stereocenters. The van der Waals surface area contributed by atoms with Crippen molar-refractivity contribution in [2.75, 3.05) is 13.1 Å². The molecule has 1 nitrogen and oxygen atoms in total. The molecule has 0 spiro atoms. The number of hydrogen-bond donors (Lipinski definition) is 1. The highest BCUT2D eigenvalue weighted by atomic mass is 14.9. The molecule has 12 heavy (non-hydrogen) atoms. The first-order valence-electron chi connectivity index (χ1n) is 5.32. The first-order valence-corrected chi connectivity index (χ1v) is 5.32. The molecule has 0 amide bonds. The molecule has 2 aliphatic carbocycles. The van der Waals surface area contributed by atoms with Gasteiger partial charge >= 0.3 is 0 Å². The minimum absolute atomic E-state index is 0.958. The van der Waals surface area contributed by atoms with Crippen molar-refractivity contribution in [1.29, 1.82) is 0 Å². The van der Waals surface area contributed by atoms with Crippen molar-refractivity contribution >= 4 is 0 Å². The largest absolute Gasteiger partial charge is 0.316 e. The van der Waals surface area contributed by atoms with Crippen LogP contribution in [0, 0.1) is 23.7 Å². The summed E-state index contributed by atoms with van der Waals surface area (Å²) in [5.41, 5.74) is 0. The Bertz CT molecular complexity index is 203. The molecule has 1 saturated heterocycles. The maximum atomic E-state index is 3.48. The van der Waals surface area contributed by atoms with Gasteiger partial charge in [-0.15, -0.1) is 0 Å². The van der Waals surface area contributed by atoms with Crippen LogP contribution in [-0.4, -0.2) is 13.1 Å². The number of hydrogen-bond acceptors (Lipinski definition) is 1. The van der Waals surface area contributed by atoms with E-state index >= 15 is 0 Å². The predicted octanol–water partition coefficient (Wildman–Crippen LogP) is 1.81. The van der Waals surface area contributed by atoms with E-state index in [9.17, 15) is 0 Å². The molecule has 1 saturated carbocycles. The van der Waals surface area contributed by atoms with E-state index in [0.717, 1.165) is 23.7 Å². The van der Waals surface area contributed by atoms with Gasteiger partial charge in [0.2, 0.25) is 0 Å². The zero-order chi connectivity index (χ0) is 7.97. The lowest BCUT2D eigenvalue weighted by Crippen LogP contribution is -2.21. The summed E-state index contributed by atoms with van der Waals surface area (Å²) in [6, 6.07) is 0. The molecule has 2 bridgehead atoms. The van der Waals surface area contributed by atoms with Gasteiger partial charge in [0.15, 0.2) is 0 Å². The van der Waals surface area contributed by atoms with Crippen molar-refractivity contribution in [2.45, 2.75) is 19.3 Å². The number of fused-ring (bicyclic) bond motifs is 2. The lowest BCUT2D eigenvalue weighted by atomic mass is 9.81. The van der Waals surface area contributed by atoms with Crippen LogP contribution in [0.5, 0.6) is 0 Å². The predicted molar refractivity (Wildman–Crippen MR) is 49.8 cm³/mol. The van der Waals surface area contributed by atoms with Crippen molar-refractivity contribution < 1.29 is 0 Å². The molecule has 1 heteroatoms. The van der Waals surface area contributed by atoms with Crippen LogP contribution in [0.3, 0.4) is 0 Å². The first kappa shape index (κ1) is 7.14. The van der Waals surface area contributed by atoms with E-state index < -0.39 is 0 Å². The SMILES string of the molecule is C1=CC2CC1CC2C1CCNC1. The third-order valence-corrected chi connectivity index (χ3v) is 4.03. The molecular formula is C11H17N. The van der Waals surface area contributed by atoms with Gasteiger partial charge in [0, 0.05) is 0 Å². The van der Waals surface area contributed by atoms with Crippen LogP contribution in [0.4, 0.5) is 0 Å². The van der Waals surface area contributed by atoms with Crippen molar-refractivity contribution in [3.63, 3.8) is 0 Å². The minimum Gasteiger partial charge on any atom is -0.316 e. The summed E-state index contributed by atoms with van der Waals surface area (Å²) in [7, 11) is 0. The molecule has 0 radical (unpaired) electrons. The number of rotatable bonds is 1. The summed E-state index contributed by atoms with van der Waals surface area (Å²) in [5.74, 6) is 3.96. The van der Waals surface area contributed by atoms with Crippen LogP contribution in [0.25, 0.3) is 0 Å². The van der Waals surface area contributed by atoms with Gasteiger partial charge in [0.25, 0.3) is 0 Å². The summed E-state index contributed by atoms with van der Waals surface area (Å²) in [6.07, 6.45) is 9.33. The molecule has 2 fully saturated rings. The fourth-order valence-corrected chi connectivity index (χ4v) is 3.41. The Kier molecular flexibility index (Phi) is 1.54. The highest BCUT2D eigenvalue weighted by molar-refractivity contribution is 5.11. The van der Waals surface area contributed by atoms with E-state index in [0.29, 0.717) is 0 Å². The summed E-state index contributed by atoms with van der Waals surface area (Å²) < 4.78 is 0. The normalized spacial score (nSPS) is 50.7. The van der Waals surface area contributed by atoms with Crippen LogP contribution in [0.1, 0.15) is 19.3 Å². The van der Waals surface area contributed by atoms with Gasteiger partial charge in [-0.05, 0) is 56.0 Å². The second-order valence-corrected chi connectivity index (χ2v) is 4.70. The monoisotopic (exact) mass is 163 g/mol. The summed E-state index contributed by atoms with van der Waals surface area (Å²) >= 11 is 0. The molecule has 66 valence electrons. The highest BCUT2D eigenvalue weighted by Crippen LogP contribution is 2.47. The molecule has 0 aromatic carbocycles. The molecule has 4 atom stereocenters. The molecule has 0 aromatic heterocycles. The van der Waals surface area contributed by atoms with Crippen molar-refractivity contribution in [3.8, 4) is 0 Å². The number of nitrogens with one attached hydrogen (secondary N) is 1. The lowest BCUT2D eigenvalue weighted by molar-refractivity contribution is 0.308. The molecule has 1 N–H and O–H groups in total. The van der Waals surface area contributed by atoms with Gasteiger partial charge in [-0.25, -0.2) is 0 Å². The molecule has 3 rings (SSSR count). The fourth-order valence-electron chi connectivity index (χ4n) is 3.41. The van der Waals surface area contributed by atoms with Crippen molar-refractivity contribution in [3.05, 3.63) is 12.2 Å². The van der Waals surface area contributed by atoms with Gasteiger partial charge in [0.1, 0.15) is 0 Å². The minimum atomic E-state index is 0.958. The van der Waals surface area contributed by atoms with Crippen LogP contribution in [0.2, 0.25) is 0 Å². The highest BCUT2D eigenvalue weighted by Gasteiger charge is 2.40. The van der Waals surface area contributed by atoms with E-state index in [1.54, 1.807) is 0 Å². The van der Waals surface area contributed by atoms with Crippen LogP contribution < -0.4 is 5.32 Å². The van der Waals surface area contributed by atoms with Crippen LogP contribution in [0.15, 0.2) is 12.2 Å². The van der Waals surface area contributed by atoms with Crippen LogP contribution >= 0.6 is 0 Å². The number of allylic oxidation sites excluding steroid dienone is 2. The van der Waals surface area contributed by atoms with Gasteiger partial charge < -0.3 is 5.32 Å². The first-order chi connectivity index (χ1) is 5.93. The lowest BCUT2D eigenvalue weighted by Gasteiger charge is -2.23. The molecule has 1 heterocycles. The topological polar surface area (TPSA) is 12.0 Å². The Hall–Kier alpha value is -0.300. The van der Waals surface area contributed by atoms with Gasteiger partial charge in [0.05, 0.1) is 0 Å². The van der Waals surface area contributed by atoms with E-state index in [2.05, 4.69) is 17.5 Å². The van der Waals surface area contributed by atoms with Gasteiger partial charge in [-0.3, -0.25) is 0 Å². The summed E-state index contributed by atoms with van der Waals surface area (Å²) in [6.45, 7) is 2.56. The average Bonchev–Trinajstić information content (AvgIpc) is 2.81.